The van der Waals surface area contributed by atoms with E-state index in [2.05, 4.69) is 0 Å². The average Bonchev–Trinajstić information content (AvgIpc) is 2.22. The Labute approximate surface area is 98.6 Å². The van der Waals surface area contributed by atoms with E-state index in [4.69, 9.17) is 0 Å². The molecular weight excluding hydrogens is 204 g/mol. The maximum atomic E-state index is 11.9. The second kappa shape index (κ2) is 6.51. The highest BCUT2D eigenvalue weighted by Gasteiger charge is 2.28. The molecule has 0 aromatic heterocycles. The Hall–Kier alpha value is -1.06. The summed E-state index contributed by atoms with van der Waals surface area (Å²) in [7, 11) is 0. The van der Waals surface area contributed by atoms with Crippen molar-refractivity contribution in [3.8, 4) is 0 Å². The van der Waals surface area contributed by atoms with Crippen LogP contribution in [0.5, 0.6) is 0 Å². The van der Waals surface area contributed by atoms with Gasteiger partial charge < -0.3 is 0 Å². The minimum atomic E-state index is -0.00880. The molecule has 94 valence electrons. The van der Waals surface area contributed by atoms with E-state index in [1.54, 1.807) is 10.0 Å². The van der Waals surface area contributed by atoms with Crippen LogP contribution >= 0.6 is 0 Å². The van der Waals surface area contributed by atoms with E-state index in [0.29, 0.717) is 12.8 Å². The van der Waals surface area contributed by atoms with Crippen molar-refractivity contribution in [2.45, 2.75) is 66.5 Å². The first kappa shape index (κ1) is 14.9. The molecule has 0 heterocycles. The summed E-state index contributed by atoms with van der Waals surface area (Å²) in [6.07, 6.45) is 0.830. The summed E-state index contributed by atoms with van der Waals surface area (Å²) < 4.78 is 0. The van der Waals surface area contributed by atoms with Gasteiger partial charge in [0.25, 0.3) is 0 Å². The lowest BCUT2D eigenvalue weighted by Crippen LogP contribution is -2.55. The fraction of sp³-hybridized carbons (Fsp3) is 0.833. The van der Waals surface area contributed by atoms with E-state index >= 15 is 0 Å². The molecule has 0 unspecified atom stereocenters. The zero-order valence-electron chi connectivity index (χ0n) is 11.3. The van der Waals surface area contributed by atoms with Gasteiger partial charge in [0.2, 0.25) is 11.8 Å². The van der Waals surface area contributed by atoms with Gasteiger partial charge in [-0.15, -0.1) is 0 Å². The molecule has 0 radical (unpaired) electrons. The molecule has 4 heteroatoms. The maximum Gasteiger partial charge on any atom is 0.241 e. The van der Waals surface area contributed by atoms with Crippen molar-refractivity contribution in [1.29, 1.82) is 0 Å². The van der Waals surface area contributed by atoms with Gasteiger partial charge in [0.15, 0.2) is 0 Å². The Kier molecular flexibility index (Phi) is 6.08. The van der Waals surface area contributed by atoms with Crippen molar-refractivity contribution in [2.75, 3.05) is 0 Å². The lowest BCUT2D eigenvalue weighted by Gasteiger charge is -2.40. The predicted molar refractivity (Wildman–Crippen MR) is 64.5 cm³/mol. The molecule has 0 saturated heterocycles. The van der Waals surface area contributed by atoms with E-state index in [9.17, 15) is 9.59 Å². The van der Waals surface area contributed by atoms with Crippen LogP contribution in [-0.4, -0.2) is 33.9 Å². The van der Waals surface area contributed by atoms with Crippen molar-refractivity contribution in [1.82, 2.24) is 10.0 Å². The highest BCUT2D eigenvalue weighted by Crippen LogP contribution is 2.13. The molecule has 0 spiro atoms. The first-order chi connectivity index (χ1) is 7.36. The molecule has 2 amide bonds. The molecule has 0 aromatic rings. The van der Waals surface area contributed by atoms with Crippen LogP contribution in [0.15, 0.2) is 0 Å². The van der Waals surface area contributed by atoms with Gasteiger partial charge >= 0.3 is 0 Å². The summed E-state index contributed by atoms with van der Waals surface area (Å²) in [4.78, 5) is 23.7. The van der Waals surface area contributed by atoms with Gasteiger partial charge in [-0.05, 0) is 27.7 Å². The number of nitrogens with zero attached hydrogens (tertiary/aromatic N) is 2. The predicted octanol–water partition coefficient (Wildman–Crippen LogP) is 2.20. The molecule has 16 heavy (non-hydrogen) atoms. The van der Waals surface area contributed by atoms with E-state index in [-0.39, 0.29) is 23.9 Å². The minimum absolute atomic E-state index is 0.00495. The number of hydrazine groups is 1. The molecule has 0 aliphatic rings. The van der Waals surface area contributed by atoms with Crippen LogP contribution in [0.2, 0.25) is 0 Å². The molecule has 0 rings (SSSR count). The van der Waals surface area contributed by atoms with Crippen LogP contribution < -0.4 is 0 Å². The summed E-state index contributed by atoms with van der Waals surface area (Å²) in [6, 6.07) is 0.00991. The minimum Gasteiger partial charge on any atom is -0.273 e. The third kappa shape index (κ3) is 3.51. The molecule has 0 bridgehead atoms. The van der Waals surface area contributed by atoms with E-state index in [1.807, 2.05) is 41.5 Å². The third-order valence-corrected chi connectivity index (χ3v) is 2.33. The van der Waals surface area contributed by atoms with Crippen LogP contribution in [0, 0.1) is 0 Å². The van der Waals surface area contributed by atoms with Crippen LogP contribution in [0.4, 0.5) is 0 Å². The fourth-order valence-corrected chi connectivity index (χ4v) is 1.64. The quantitative estimate of drug-likeness (QED) is 0.692. The molecule has 4 nitrogen and oxygen atoms in total. The van der Waals surface area contributed by atoms with Crippen molar-refractivity contribution in [3.05, 3.63) is 0 Å². The monoisotopic (exact) mass is 228 g/mol. The summed E-state index contributed by atoms with van der Waals surface area (Å²) in [6.45, 7) is 11.3. The number of hydrogen-bond donors (Lipinski definition) is 0. The Balaban J connectivity index is 5.10. The molecule has 0 N–H and O–H groups in total. The summed E-state index contributed by atoms with van der Waals surface area (Å²) in [5.74, 6) is -0.0176. The van der Waals surface area contributed by atoms with Crippen molar-refractivity contribution >= 4 is 11.8 Å². The summed E-state index contributed by atoms with van der Waals surface area (Å²) >= 11 is 0. The molecule has 0 aliphatic heterocycles. The zero-order chi connectivity index (χ0) is 12.9. The maximum absolute atomic E-state index is 11.9. The molecule has 0 atom stereocenters. The Morgan fingerprint density at radius 1 is 0.812 bits per heavy atom. The summed E-state index contributed by atoms with van der Waals surface area (Å²) in [5, 5.41) is 3.16. The average molecular weight is 228 g/mol. The van der Waals surface area contributed by atoms with Crippen LogP contribution in [0.3, 0.4) is 0 Å². The third-order valence-electron chi connectivity index (χ3n) is 2.33. The molecule has 0 fully saturated rings. The van der Waals surface area contributed by atoms with Gasteiger partial charge in [0.05, 0.1) is 0 Å². The number of rotatable bonds is 4. The summed E-state index contributed by atoms with van der Waals surface area (Å²) in [5.41, 5.74) is 0. The van der Waals surface area contributed by atoms with Crippen molar-refractivity contribution in [3.63, 3.8) is 0 Å². The standard InChI is InChI=1S/C12H24N2O2/c1-7-11(15)13(9(3)4)14(10(5)6)12(16)8-2/h9-10H,7-8H2,1-6H3. The van der Waals surface area contributed by atoms with Crippen LogP contribution in [0.1, 0.15) is 54.4 Å². The number of hydrogen-bond acceptors (Lipinski definition) is 2. The van der Waals surface area contributed by atoms with Gasteiger partial charge in [0, 0.05) is 24.9 Å². The van der Waals surface area contributed by atoms with Gasteiger partial charge in [-0.25, -0.2) is 10.0 Å². The smallest absolute Gasteiger partial charge is 0.241 e. The molecule has 0 aliphatic carbocycles. The molecule has 0 aromatic carbocycles. The van der Waals surface area contributed by atoms with E-state index in [0.717, 1.165) is 0 Å². The SMILES string of the molecule is CCC(=O)N(C(C)C)N(C(=O)CC)C(C)C. The Morgan fingerprint density at radius 3 is 1.19 bits per heavy atom. The van der Waals surface area contributed by atoms with Crippen molar-refractivity contribution < 1.29 is 9.59 Å². The fourth-order valence-electron chi connectivity index (χ4n) is 1.64. The normalized spacial score (nSPS) is 10.8. The van der Waals surface area contributed by atoms with Gasteiger partial charge in [-0.2, -0.15) is 0 Å². The number of carbonyl (C=O) groups excluding carboxylic acids is 2. The van der Waals surface area contributed by atoms with Crippen LogP contribution in [-0.2, 0) is 9.59 Å². The van der Waals surface area contributed by atoms with Crippen molar-refractivity contribution in [2.24, 2.45) is 0 Å². The Morgan fingerprint density at radius 2 is 1.06 bits per heavy atom. The Bertz CT molecular complexity index is 223. The second-order valence-electron chi connectivity index (χ2n) is 4.37. The first-order valence-corrected chi connectivity index (χ1v) is 6.00. The molecule has 0 saturated carbocycles. The van der Waals surface area contributed by atoms with Crippen LogP contribution in [0.25, 0.3) is 0 Å². The van der Waals surface area contributed by atoms with Gasteiger partial charge in [0.1, 0.15) is 0 Å². The highest BCUT2D eigenvalue weighted by molar-refractivity contribution is 5.82. The van der Waals surface area contributed by atoms with Gasteiger partial charge in [-0.1, -0.05) is 13.8 Å². The second-order valence-corrected chi connectivity index (χ2v) is 4.37. The lowest BCUT2D eigenvalue weighted by molar-refractivity contribution is -0.172. The first-order valence-electron chi connectivity index (χ1n) is 6.00. The van der Waals surface area contributed by atoms with E-state index < -0.39 is 0 Å². The topological polar surface area (TPSA) is 40.6 Å². The number of carbonyl (C=O) groups is 2. The zero-order valence-corrected chi connectivity index (χ0v) is 11.3. The van der Waals surface area contributed by atoms with E-state index in [1.165, 1.54) is 0 Å². The lowest BCUT2D eigenvalue weighted by atomic mass is 10.2. The largest absolute Gasteiger partial charge is 0.273 e. The number of amides is 2. The van der Waals surface area contributed by atoms with Gasteiger partial charge in [-0.3, -0.25) is 9.59 Å². The molecular formula is C12H24N2O2. The highest BCUT2D eigenvalue weighted by atomic mass is 16.2.